The van der Waals surface area contributed by atoms with Gasteiger partial charge >= 0.3 is 0 Å². The monoisotopic (exact) mass is 229 g/mol. The van der Waals surface area contributed by atoms with Crippen molar-refractivity contribution in [2.45, 2.75) is 12.5 Å². The van der Waals surface area contributed by atoms with Crippen molar-refractivity contribution in [2.75, 3.05) is 57.8 Å². The van der Waals surface area contributed by atoms with E-state index in [0.717, 1.165) is 6.04 Å². The number of nitrogens with zero attached hydrogens (tertiary/aromatic N) is 2. The van der Waals surface area contributed by atoms with Gasteiger partial charge in [0.15, 0.2) is 0 Å². The minimum atomic E-state index is 0.729. The third-order valence-electron chi connectivity index (χ3n) is 3.29. The molecular weight excluding hydrogens is 206 g/mol. The lowest BCUT2D eigenvalue weighted by molar-refractivity contribution is 0.253. The number of nitrogens with one attached hydrogen (secondary N) is 1. The van der Waals surface area contributed by atoms with Gasteiger partial charge in [-0.25, -0.2) is 0 Å². The Bertz CT molecular complexity index is 183. The van der Waals surface area contributed by atoms with Crippen molar-refractivity contribution < 1.29 is 0 Å². The highest BCUT2D eigenvalue weighted by atomic mass is 32.2. The molecule has 0 saturated carbocycles. The molecule has 0 aromatic heterocycles. The molecule has 0 aliphatic carbocycles. The third-order valence-corrected chi connectivity index (χ3v) is 4.42. The second-order valence-electron chi connectivity index (χ2n) is 4.68. The van der Waals surface area contributed by atoms with Gasteiger partial charge < -0.3 is 15.1 Å². The molecule has 0 amide bonds. The summed E-state index contributed by atoms with van der Waals surface area (Å²) in [5.41, 5.74) is 0. The topological polar surface area (TPSA) is 18.5 Å². The van der Waals surface area contributed by atoms with E-state index >= 15 is 0 Å². The molecule has 88 valence electrons. The average Bonchev–Trinajstić information content (AvgIpc) is 2.46. The molecule has 1 atom stereocenters. The lowest BCUT2D eigenvalue weighted by Crippen LogP contribution is -2.46. The first-order valence-corrected chi connectivity index (χ1v) is 7.22. The Morgan fingerprint density at radius 3 is 3.00 bits per heavy atom. The fourth-order valence-electron chi connectivity index (χ4n) is 2.33. The zero-order valence-electron chi connectivity index (χ0n) is 9.74. The number of rotatable bonds is 2. The maximum atomic E-state index is 3.62. The second-order valence-corrected chi connectivity index (χ2v) is 5.83. The molecule has 4 heteroatoms. The summed E-state index contributed by atoms with van der Waals surface area (Å²) in [6, 6.07) is 0.729. The minimum Gasteiger partial charge on any atom is -0.311 e. The molecule has 2 saturated heterocycles. The third kappa shape index (κ3) is 3.94. The van der Waals surface area contributed by atoms with Crippen LogP contribution in [0.25, 0.3) is 0 Å². The van der Waals surface area contributed by atoms with Gasteiger partial charge in [-0.3, -0.25) is 0 Å². The Kier molecular flexibility index (Phi) is 4.75. The summed E-state index contributed by atoms with van der Waals surface area (Å²) in [7, 11) is 2.23. The summed E-state index contributed by atoms with van der Waals surface area (Å²) in [5.74, 6) is 2.59. The predicted molar refractivity (Wildman–Crippen MR) is 67.7 cm³/mol. The van der Waals surface area contributed by atoms with Crippen LogP contribution in [0.1, 0.15) is 6.42 Å². The van der Waals surface area contributed by atoms with E-state index in [2.05, 4.69) is 33.9 Å². The zero-order chi connectivity index (χ0) is 10.5. The molecular formula is C11H23N3S. The molecule has 2 aliphatic heterocycles. The zero-order valence-corrected chi connectivity index (χ0v) is 10.6. The van der Waals surface area contributed by atoms with Crippen LogP contribution >= 0.6 is 11.8 Å². The molecule has 2 fully saturated rings. The van der Waals surface area contributed by atoms with Crippen LogP contribution in [-0.4, -0.2) is 73.7 Å². The average molecular weight is 229 g/mol. The van der Waals surface area contributed by atoms with Crippen LogP contribution in [0.2, 0.25) is 0 Å². The maximum absolute atomic E-state index is 3.62. The van der Waals surface area contributed by atoms with E-state index in [1.807, 2.05) is 0 Å². The van der Waals surface area contributed by atoms with Crippen LogP contribution in [0.3, 0.4) is 0 Å². The molecule has 2 rings (SSSR count). The Morgan fingerprint density at radius 2 is 2.20 bits per heavy atom. The first-order valence-electron chi connectivity index (χ1n) is 6.06. The van der Waals surface area contributed by atoms with Gasteiger partial charge in [0.25, 0.3) is 0 Å². The van der Waals surface area contributed by atoms with Crippen molar-refractivity contribution in [1.82, 2.24) is 15.1 Å². The highest BCUT2D eigenvalue weighted by Gasteiger charge is 2.18. The Balaban J connectivity index is 1.72. The van der Waals surface area contributed by atoms with Crippen LogP contribution in [0.4, 0.5) is 0 Å². The number of thioether (sulfide) groups is 1. The Labute approximate surface area is 97.6 Å². The van der Waals surface area contributed by atoms with Gasteiger partial charge in [-0.15, -0.1) is 0 Å². The van der Waals surface area contributed by atoms with Crippen LogP contribution < -0.4 is 5.32 Å². The summed E-state index contributed by atoms with van der Waals surface area (Å²) < 4.78 is 0. The van der Waals surface area contributed by atoms with Crippen LogP contribution in [-0.2, 0) is 0 Å². The minimum absolute atomic E-state index is 0.729. The molecule has 1 N–H and O–H groups in total. The molecule has 0 bridgehead atoms. The number of likely N-dealkylation sites (N-methyl/N-ethyl adjacent to an activating group) is 1. The van der Waals surface area contributed by atoms with Gasteiger partial charge in [-0.05, 0) is 26.6 Å². The van der Waals surface area contributed by atoms with E-state index in [1.54, 1.807) is 0 Å². The van der Waals surface area contributed by atoms with Crippen molar-refractivity contribution in [3.63, 3.8) is 0 Å². The molecule has 3 nitrogen and oxygen atoms in total. The normalized spacial score (nSPS) is 31.4. The summed E-state index contributed by atoms with van der Waals surface area (Å²) in [6.07, 6.45) is 1.33. The predicted octanol–water partition coefficient (Wildman–Crippen LogP) is 0.329. The standard InChI is InChI=1S/C11H23N3S/c1-13-4-2-5-14(7-6-13)9-11-10-15-8-3-12-11/h11-12H,2-10H2,1H3. The molecule has 2 aliphatic rings. The van der Waals surface area contributed by atoms with Gasteiger partial charge in [0.05, 0.1) is 0 Å². The number of hydrogen-bond donors (Lipinski definition) is 1. The SMILES string of the molecule is CN1CCCN(CC2CSCCN2)CC1. The van der Waals surface area contributed by atoms with Gasteiger partial charge in [-0.2, -0.15) is 11.8 Å². The summed E-state index contributed by atoms with van der Waals surface area (Å²) in [4.78, 5) is 5.08. The second kappa shape index (κ2) is 6.09. The first kappa shape index (κ1) is 11.7. The summed E-state index contributed by atoms with van der Waals surface area (Å²) in [6.45, 7) is 7.49. The highest BCUT2D eigenvalue weighted by molar-refractivity contribution is 7.99. The van der Waals surface area contributed by atoms with Gasteiger partial charge in [-0.1, -0.05) is 0 Å². The van der Waals surface area contributed by atoms with Crippen LogP contribution in [0.5, 0.6) is 0 Å². The van der Waals surface area contributed by atoms with E-state index < -0.39 is 0 Å². The molecule has 0 aromatic rings. The molecule has 1 unspecified atom stereocenters. The molecule has 0 aromatic carbocycles. The molecule has 0 spiro atoms. The first-order chi connectivity index (χ1) is 7.34. The summed E-state index contributed by atoms with van der Waals surface area (Å²) in [5, 5.41) is 3.62. The van der Waals surface area contributed by atoms with E-state index in [0.29, 0.717) is 0 Å². The van der Waals surface area contributed by atoms with Crippen LogP contribution in [0.15, 0.2) is 0 Å². The van der Waals surface area contributed by atoms with E-state index in [4.69, 9.17) is 0 Å². The van der Waals surface area contributed by atoms with Crippen molar-refractivity contribution in [1.29, 1.82) is 0 Å². The van der Waals surface area contributed by atoms with Crippen LogP contribution in [0, 0.1) is 0 Å². The smallest absolute Gasteiger partial charge is 0.0285 e. The van der Waals surface area contributed by atoms with Crippen molar-refractivity contribution in [2.24, 2.45) is 0 Å². The Morgan fingerprint density at radius 1 is 1.27 bits per heavy atom. The largest absolute Gasteiger partial charge is 0.311 e. The number of hydrogen-bond acceptors (Lipinski definition) is 4. The fraction of sp³-hybridized carbons (Fsp3) is 1.00. The quantitative estimate of drug-likeness (QED) is 0.735. The van der Waals surface area contributed by atoms with Gasteiger partial charge in [0.2, 0.25) is 0 Å². The van der Waals surface area contributed by atoms with Gasteiger partial charge in [0.1, 0.15) is 0 Å². The van der Waals surface area contributed by atoms with E-state index in [9.17, 15) is 0 Å². The van der Waals surface area contributed by atoms with E-state index in [1.165, 1.54) is 57.2 Å². The maximum Gasteiger partial charge on any atom is 0.0285 e. The lowest BCUT2D eigenvalue weighted by Gasteiger charge is -2.29. The Hall–Kier alpha value is 0.230. The van der Waals surface area contributed by atoms with Crippen molar-refractivity contribution in [3.05, 3.63) is 0 Å². The van der Waals surface area contributed by atoms with Crippen molar-refractivity contribution in [3.8, 4) is 0 Å². The van der Waals surface area contributed by atoms with E-state index in [-0.39, 0.29) is 0 Å². The lowest BCUT2D eigenvalue weighted by atomic mass is 10.3. The van der Waals surface area contributed by atoms with Gasteiger partial charge in [0, 0.05) is 43.7 Å². The summed E-state index contributed by atoms with van der Waals surface area (Å²) >= 11 is 2.10. The molecule has 15 heavy (non-hydrogen) atoms. The molecule has 2 heterocycles. The molecule has 0 radical (unpaired) electrons. The fourth-order valence-corrected chi connectivity index (χ4v) is 3.27. The van der Waals surface area contributed by atoms with Crippen molar-refractivity contribution >= 4 is 11.8 Å². The highest BCUT2D eigenvalue weighted by Crippen LogP contribution is 2.10.